The molecule has 0 aromatic carbocycles. The second-order valence-corrected chi connectivity index (χ2v) is 3.65. The Kier molecular flexibility index (Phi) is 2.82. The highest BCUT2D eigenvalue weighted by atomic mass is 15.0. The number of aromatic nitrogens is 2. The number of hydrogen-bond donors (Lipinski definition) is 0. The van der Waals surface area contributed by atoms with Crippen molar-refractivity contribution < 1.29 is 0 Å². The van der Waals surface area contributed by atoms with E-state index in [9.17, 15) is 0 Å². The van der Waals surface area contributed by atoms with Crippen LogP contribution in [-0.4, -0.2) is 9.55 Å². The van der Waals surface area contributed by atoms with Crippen LogP contribution < -0.4 is 0 Å². The molecule has 2 aromatic rings. The zero-order valence-corrected chi connectivity index (χ0v) is 8.61. The molecular weight excluding hydrogens is 172 g/mol. The Labute approximate surface area is 84.6 Å². The van der Waals surface area contributed by atoms with Gasteiger partial charge in [-0.05, 0) is 18.6 Å². The van der Waals surface area contributed by atoms with Crippen LogP contribution in [0.3, 0.4) is 0 Å². The van der Waals surface area contributed by atoms with Crippen LogP contribution in [0.25, 0.3) is 10.9 Å². The zero-order valence-electron chi connectivity index (χ0n) is 8.61. The topological polar surface area (TPSA) is 17.8 Å². The predicted molar refractivity (Wildman–Crippen MR) is 59.3 cm³/mol. The summed E-state index contributed by atoms with van der Waals surface area (Å²) in [6.45, 7) is 3.35. The van der Waals surface area contributed by atoms with Crippen LogP contribution in [-0.2, 0) is 6.54 Å². The van der Waals surface area contributed by atoms with Crippen LogP contribution in [0.4, 0.5) is 0 Å². The van der Waals surface area contributed by atoms with Gasteiger partial charge < -0.3 is 4.57 Å². The van der Waals surface area contributed by atoms with Crippen LogP contribution in [0.2, 0.25) is 0 Å². The quantitative estimate of drug-likeness (QED) is 0.673. The normalized spacial score (nSPS) is 10.9. The van der Waals surface area contributed by atoms with Gasteiger partial charge in [0.2, 0.25) is 0 Å². The minimum Gasteiger partial charge on any atom is -0.346 e. The maximum Gasteiger partial charge on any atom is 0.0666 e. The maximum absolute atomic E-state index is 4.15. The molecule has 0 saturated carbocycles. The molecule has 0 saturated heterocycles. The van der Waals surface area contributed by atoms with Crippen LogP contribution in [0.1, 0.15) is 26.2 Å². The third-order valence-corrected chi connectivity index (χ3v) is 2.58. The first-order chi connectivity index (χ1) is 6.92. The van der Waals surface area contributed by atoms with Crippen molar-refractivity contribution in [3.05, 3.63) is 30.7 Å². The molecule has 0 N–H and O–H groups in total. The number of unbranched alkanes of at least 4 members (excludes halogenated alkanes) is 2. The molecule has 0 radical (unpaired) electrons. The van der Waals surface area contributed by atoms with E-state index >= 15 is 0 Å². The van der Waals surface area contributed by atoms with Crippen molar-refractivity contribution in [3.8, 4) is 0 Å². The Balaban J connectivity index is 2.17. The van der Waals surface area contributed by atoms with E-state index in [1.54, 1.807) is 0 Å². The van der Waals surface area contributed by atoms with E-state index in [2.05, 4.69) is 34.8 Å². The third kappa shape index (κ3) is 1.79. The summed E-state index contributed by atoms with van der Waals surface area (Å²) in [5.74, 6) is 0. The fourth-order valence-corrected chi connectivity index (χ4v) is 1.76. The lowest BCUT2D eigenvalue weighted by molar-refractivity contribution is 0.616. The Hall–Kier alpha value is -1.31. The van der Waals surface area contributed by atoms with Crippen LogP contribution in [0.5, 0.6) is 0 Å². The molecule has 0 aliphatic carbocycles. The molecule has 2 heterocycles. The second kappa shape index (κ2) is 4.27. The van der Waals surface area contributed by atoms with Gasteiger partial charge in [-0.25, -0.2) is 0 Å². The Bertz CT molecular complexity index is 403. The van der Waals surface area contributed by atoms with Crippen molar-refractivity contribution in [3.63, 3.8) is 0 Å². The lowest BCUT2D eigenvalue weighted by atomic mass is 10.2. The molecule has 0 bridgehead atoms. The number of fused-ring (bicyclic) bond motifs is 1. The highest BCUT2D eigenvalue weighted by Gasteiger charge is 1.98. The largest absolute Gasteiger partial charge is 0.346 e. The molecule has 0 amide bonds. The minimum absolute atomic E-state index is 1.11. The Morgan fingerprint density at radius 1 is 1.29 bits per heavy atom. The van der Waals surface area contributed by atoms with Crippen molar-refractivity contribution in [2.75, 3.05) is 0 Å². The van der Waals surface area contributed by atoms with Gasteiger partial charge in [0.25, 0.3) is 0 Å². The van der Waals surface area contributed by atoms with Gasteiger partial charge in [0.1, 0.15) is 0 Å². The molecule has 14 heavy (non-hydrogen) atoms. The van der Waals surface area contributed by atoms with Gasteiger partial charge in [-0.15, -0.1) is 0 Å². The van der Waals surface area contributed by atoms with Crippen molar-refractivity contribution in [1.82, 2.24) is 9.55 Å². The summed E-state index contributed by atoms with van der Waals surface area (Å²) in [7, 11) is 0. The minimum atomic E-state index is 1.11. The number of pyridine rings is 1. The van der Waals surface area contributed by atoms with Crippen molar-refractivity contribution in [2.45, 2.75) is 32.7 Å². The Morgan fingerprint density at radius 2 is 2.21 bits per heavy atom. The summed E-state index contributed by atoms with van der Waals surface area (Å²) >= 11 is 0. The second-order valence-electron chi connectivity index (χ2n) is 3.65. The maximum atomic E-state index is 4.15. The lowest BCUT2D eigenvalue weighted by Gasteiger charge is -2.03. The predicted octanol–water partition coefficient (Wildman–Crippen LogP) is 3.23. The van der Waals surface area contributed by atoms with E-state index in [-0.39, 0.29) is 0 Å². The van der Waals surface area contributed by atoms with E-state index < -0.39 is 0 Å². The summed E-state index contributed by atoms with van der Waals surface area (Å²) in [6.07, 6.45) is 9.79. The van der Waals surface area contributed by atoms with Gasteiger partial charge >= 0.3 is 0 Å². The van der Waals surface area contributed by atoms with E-state index in [0.29, 0.717) is 0 Å². The molecule has 0 fully saturated rings. The molecule has 2 aromatic heterocycles. The molecule has 0 spiro atoms. The first kappa shape index (κ1) is 9.25. The molecule has 0 atom stereocenters. The SMILES string of the molecule is CCCCCn1ccc2ccncc21. The standard InChI is InChI=1S/C12H16N2/c1-2-3-4-8-14-9-6-11-5-7-13-10-12(11)14/h5-7,9-10H,2-4,8H2,1H3. The Morgan fingerprint density at radius 3 is 3.07 bits per heavy atom. The summed E-state index contributed by atoms with van der Waals surface area (Å²) < 4.78 is 2.29. The number of nitrogens with zero attached hydrogens (tertiary/aromatic N) is 2. The fourth-order valence-electron chi connectivity index (χ4n) is 1.76. The van der Waals surface area contributed by atoms with Gasteiger partial charge in [-0.2, -0.15) is 0 Å². The highest BCUT2D eigenvalue weighted by molar-refractivity contribution is 5.78. The number of aryl methyl sites for hydroxylation is 1. The third-order valence-electron chi connectivity index (χ3n) is 2.58. The van der Waals surface area contributed by atoms with Gasteiger partial charge in [0.15, 0.2) is 0 Å². The van der Waals surface area contributed by atoms with E-state index in [1.165, 1.54) is 30.2 Å². The van der Waals surface area contributed by atoms with Gasteiger partial charge in [-0.3, -0.25) is 4.98 Å². The van der Waals surface area contributed by atoms with Gasteiger partial charge in [0.05, 0.1) is 11.7 Å². The molecule has 0 unspecified atom stereocenters. The van der Waals surface area contributed by atoms with Crippen LogP contribution in [0, 0.1) is 0 Å². The van der Waals surface area contributed by atoms with Crippen molar-refractivity contribution >= 4 is 10.9 Å². The number of hydrogen-bond acceptors (Lipinski definition) is 1. The summed E-state index contributed by atoms with van der Waals surface area (Å²) in [6, 6.07) is 4.22. The average molecular weight is 188 g/mol. The van der Waals surface area contributed by atoms with E-state index in [1.807, 2.05) is 12.4 Å². The highest BCUT2D eigenvalue weighted by Crippen LogP contribution is 2.14. The monoisotopic (exact) mass is 188 g/mol. The van der Waals surface area contributed by atoms with Crippen LogP contribution >= 0.6 is 0 Å². The molecule has 74 valence electrons. The molecule has 0 aliphatic heterocycles. The summed E-state index contributed by atoms with van der Waals surface area (Å²) in [5.41, 5.74) is 1.25. The summed E-state index contributed by atoms with van der Waals surface area (Å²) in [4.78, 5) is 4.15. The lowest BCUT2D eigenvalue weighted by Crippen LogP contribution is -1.95. The zero-order chi connectivity index (χ0) is 9.80. The van der Waals surface area contributed by atoms with E-state index in [0.717, 1.165) is 6.54 Å². The van der Waals surface area contributed by atoms with Crippen molar-refractivity contribution in [1.29, 1.82) is 0 Å². The fraction of sp³-hybridized carbons (Fsp3) is 0.417. The first-order valence-corrected chi connectivity index (χ1v) is 5.30. The van der Waals surface area contributed by atoms with Gasteiger partial charge in [-0.1, -0.05) is 19.8 Å². The first-order valence-electron chi connectivity index (χ1n) is 5.30. The molecule has 0 aliphatic rings. The van der Waals surface area contributed by atoms with Crippen molar-refractivity contribution in [2.24, 2.45) is 0 Å². The number of rotatable bonds is 4. The smallest absolute Gasteiger partial charge is 0.0666 e. The molecular formula is C12H16N2. The van der Waals surface area contributed by atoms with E-state index in [4.69, 9.17) is 0 Å². The molecule has 2 heteroatoms. The molecule has 2 rings (SSSR count). The summed E-state index contributed by atoms with van der Waals surface area (Å²) in [5, 5.41) is 1.29. The molecule has 2 nitrogen and oxygen atoms in total. The van der Waals surface area contributed by atoms with Gasteiger partial charge in [0, 0.05) is 24.3 Å². The van der Waals surface area contributed by atoms with Crippen LogP contribution in [0.15, 0.2) is 30.7 Å². The average Bonchev–Trinajstić information content (AvgIpc) is 2.63.